The lowest BCUT2D eigenvalue weighted by molar-refractivity contribution is 0.111. The molecule has 0 fully saturated rings. The molecule has 0 aliphatic rings. The van der Waals surface area contributed by atoms with Gasteiger partial charge in [0.05, 0.1) is 6.61 Å². The minimum atomic E-state index is 0.165. The van der Waals surface area contributed by atoms with Crippen LogP contribution in [0, 0.1) is 5.41 Å². The van der Waals surface area contributed by atoms with Crippen LogP contribution >= 0.6 is 11.6 Å². The van der Waals surface area contributed by atoms with E-state index in [1.54, 1.807) is 11.8 Å². The van der Waals surface area contributed by atoms with Crippen molar-refractivity contribution in [2.75, 3.05) is 20.3 Å². The van der Waals surface area contributed by atoms with Crippen LogP contribution in [0.25, 0.3) is 0 Å². The zero-order chi connectivity index (χ0) is 15.2. The predicted molar refractivity (Wildman–Crippen MR) is 78.7 cm³/mol. The normalized spacial score (nSPS) is 11.7. The summed E-state index contributed by atoms with van der Waals surface area (Å²) < 4.78 is 12.0. The molecule has 0 amide bonds. The Morgan fingerprint density at radius 2 is 2.05 bits per heavy atom. The Labute approximate surface area is 125 Å². The molecule has 0 aliphatic carbocycles. The second kappa shape index (κ2) is 7.64. The summed E-state index contributed by atoms with van der Waals surface area (Å²) in [5.41, 5.74) is 0.538. The van der Waals surface area contributed by atoms with E-state index in [0.29, 0.717) is 31.3 Å². The zero-order valence-corrected chi connectivity index (χ0v) is 13.4. The molecule has 0 unspecified atom stereocenters. The number of ether oxygens (including phenoxy) is 2. The van der Waals surface area contributed by atoms with E-state index in [4.69, 9.17) is 21.1 Å². The van der Waals surface area contributed by atoms with Gasteiger partial charge in [-0.3, -0.25) is 9.48 Å². The lowest BCUT2D eigenvalue weighted by Gasteiger charge is -2.17. The molecule has 0 spiro atoms. The summed E-state index contributed by atoms with van der Waals surface area (Å²) in [6.45, 7) is 8.13. The van der Waals surface area contributed by atoms with Crippen LogP contribution < -0.4 is 4.74 Å². The maximum absolute atomic E-state index is 11.1. The van der Waals surface area contributed by atoms with Gasteiger partial charge in [-0.15, -0.1) is 5.10 Å². The van der Waals surface area contributed by atoms with Gasteiger partial charge in [0.25, 0.3) is 5.88 Å². The van der Waals surface area contributed by atoms with E-state index in [1.807, 2.05) is 0 Å². The van der Waals surface area contributed by atoms with Crippen molar-refractivity contribution in [3.8, 4) is 5.88 Å². The highest BCUT2D eigenvalue weighted by Gasteiger charge is 2.19. The van der Waals surface area contributed by atoms with Crippen molar-refractivity contribution in [2.45, 2.75) is 40.2 Å². The Hall–Kier alpha value is -1.07. The number of carbonyl (C=O) groups is 1. The number of carbonyl (C=O) groups excluding carboxylic acids is 1. The molecule has 1 rings (SSSR count). The van der Waals surface area contributed by atoms with Crippen molar-refractivity contribution in [3.63, 3.8) is 0 Å². The molecule has 0 saturated heterocycles. The Bertz CT molecular complexity index is 438. The molecule has 1 aromatic heterocycles. The van der Waals surface area contributed by atoms with Gasteiger partial charge in [0.1, 0.15) is 10.7 Å². The Morgan fingerprint density at radius 3 is 2.60 bits per heavy atom. The molecule has 20 heavy (non-hydrogen) atoms. The lowest BCUT2D eigenvalue weighted by Crippen LogP contribution is -2.13. The molecule has 0 aromatic carbocycles. The molecule has 6 heteroatoms. The van der Waals surface area contributed by atoms with Crippen molar-refractivity contribution in [3.05, 3.63) is 10.7 Å². The summed E-state index contributed by atoms with van der Waals surface area (Å²) in [5, 5.41) is 4.56. The Balaban J connectivity index is 2.72. The summed E-state index contributed by atoms with van der Waals surface area (Å²) in [7, 11) is 1.64. The first kappa shape index (κ1) is 17.0. The van der Waals surface area contributed by atoms with Crippen LogP contribution in [0.15, 0.2) is 0 Å². The SMILES string of the molecule is COCCCOc1nn(CCC(C)(C)C)c(C=O)c1Cl. The van der Waals surface area contributed by atoms with Crippen LogP contribution in [0.1, 0.15) is 44.1 Å². The van der Waals surface area contributed by atoms with E-state index >= 15 is 0 Å². The number of aldehydes is 1. The van der Waals surface area contributed by atoms with E-state index in [-0.39, 0.29) is 10.4 Å². The number of nitrogens with zero attached hydrogens (tertiary/aromatic N) is 2. The van der Waals surface area contributed by atoms with Crippen molar-refractivity contribution >= 4 is 17.9 Å². The predicted octanol–water partition coefficient (Wildman–Crippen LogP) is 3.20. The first-order valence-corrected chi connectivity index (χ1v) is 7.10. The summed E-state index contributed by atoms with van der Waals surface area (Å²) in [4.78, 5) is 11.1. The van der Waals surface area contributed by atoms with Gasteiger partial charge in [-0.1, -0.05) is 32.4 Å². The summed E-state index contributed by atoms with van der Waals surface area (Å²) in [6.07, 6.45) is 2.37. The van der Waals surface area contributed by atoms with Crippen LogP contribution in [0.2, 0.25) is 5.02 Å². The first-order valence-electron chi connectivity index (χ1n) is 6.72. The number of halogens is 1. The molecule has 114 valence electrons. The second-order valence-corrected chi connectivity index (χ2v) is 6.23. The van der Waals surface area contributed by atoms with Gasteiger partial charge in [-0.2, -0.15) is 0 Å². The average Bonchev–Trinajstić information content (AvgIpc) is 2.67. The highest BCUT2D eigenvalue weighted by molar-refractivity contribution is 6.34. The summed E-state index contributed by atoms with van der Waals surface area (Å²) >= 11 is 6.12. The zero-order valence-electron chi connectivity index (χ0n) is 12.6. The first-order chi connectivity index (χ1) is 9.39. The van der Waals surface area contributed by atoms with E-state index in [2.05, 4.69) is 25.9 Å². The number of methoxy groups -OCH3 is 1. The number of rotatable bonds is 8. The number of hydrogen-bond donors (Lipinski definition) is 0. The Kier molecular flexibility index (Phi) is 6.49. The summed E-state index contributed by atoms with van der Waals surface area (Å²) in [5.74, 6) is 0.318. The van der Waals surface area contributed by atoms with Gasteiger partial charge in [0.2, 0.25) is 0 Å². The molecule has 0 atom stereocenters. The molecular weight excluding hydrogens is 280 g/mol. The molecular formula is C14H23ClN2O3. The minimum Gasteiger partial charge on any atom is -0.475 e. The second-order valence-electron chi connectivity index (χ2n) is 5.85. The fourth-order valence-corrected chi connectivity index (χ4v) is 1.85. The van der Waals surface area contributed by atoms with Gasteiger partial charge in [-0.25, -0.2) is 0 Å². The standard InChI is InChI=1S/C14H23ClN2O3/c1-14(2,3)6-7-17-11(10-18)12(15)13(16-17)20-9-5-8-19-4/h10H,5-9H2,1-4H3. The molecule has 0 bridgehead atoms. The topological polar surface area (TPSA) is 53.4 Å². The van der Waals surface area contributed by atoms with Gasteiger partial charge < -0.3 is 9.47 Å². The van der Waals surface area contributed by atoms with Gasteiger partial charge in [0, 0.05) is 26.7 Å². The van der Waals surface area contributed by atoms with Crippen molar-refractivity contribution < 1.29 is 14.3 Å². The largest absolute Gasteiger partial charge is 0.475 e. The molecule has 0 saturated carbocycles. The van der Waals surface area contributed by atoms with Crippen LogP contribution in [0.5, 0.6) is 5.88 Å². The quantitative estimate of drug-likeness (QED) is 0.546. The highest BCUT2D eigenvalue weighted by atomic mass is 35.5. The van der Waals surface area contributed by atoms with E-state index < -0.39 is 0 Å². The average molecular weight is 303 g/mol. The third kappa shape index (κ3) is 5.13. The number of hydrogen-bond acceptors (Lipinski definition) is 4. The smallest absolute Gasteiger partial charge is 0.252 e. The van der Waals surface area contributed by atoms with Crippen molar-refractivity contribution in [1.29, 1.82) is 0 Å². The van der Waals surface area contributed by atoms with Gasteiger partial charge >= 0.3 is 0 Å². The Morgan fingerprint density at radius 1 is 1.35 bits per heavy atom. The molecule has 5 nitrogen and oxygen atoms in total. The maximum atomic E-state index is 11.1. The fourth-order valence-electron chi connectivity index (χ4n) is 1.62. The fraction of sp³-hybridized carbons (Fsp3) is 0.714. The molecule has 0 aliphatic heterocycles. The third-order valence-corrected chi connectivity index (χ3v) is 3.17. The highest BCUT2D eigenvalue weighted by Crippen LogP contribution is 2.28. The van der Waals surface area contributed by atoms with E-state index in [0.717, 1.165) is 19.1 Å². The maximum Gasteiger partial charge on any atom is 0.252 e. The molecule has 1 heterocycles. The number of aryl methyl sites for hydroxylation is 1. The van der Waals surface area contributed by atoms with Crippen molar-refractivity contribution in [2.24, 2.45) is 5.41 Å². The van der Waals surface area contributed by atoms with Crippen LogP contribution in [0.4, 0.5) is 0 Å². The molecule has 1 aromatic rings. The van der Waals surface area contributed by atoms with E-state index in [9.17, 15) is 4.79 Å². The monoisotopic (exact) mass is 302 g/mol. The molecule has 0 N–H and O–H groups in total. The van der Waals surface area contributed by atoms with Crippen LogP contribution in [-0.4, -0.2) is 36.4 Å². The lowest BCUT2D eigenvalue weighted by atomic mass is 9.92. The number of aromatic nitrogens is 2. The summed E-state index contributed by atoms with van der Waals surface area (Å²) in [6, 6.07) is 0. The minimum absolute atomic E-state index is 0.165. The van der Waals surface area contributed by atoms with Gasteiger partial charge in [0.15, 0.2) is 6.29 Å². The van der Waals surface area contributed by atoms with Crippen molar-refractivity contribution in [1.82, 2.24) is 9.78 Å². The van der Waals surface area contributed by atoms with E-state index in [1.165, 1.54) is 0 Å². The molecule has 0 radical (unpaired) electrons. The third-order valence-electron chi connectivity index (χ3n) is 2.82. The van der Waals surface area contributed by atoms with Gasteiger partial charge in [-0.05, 0) is 11.8 Å². The van der Waals surface area contributed by atoms with Crippen LogP contribution in [-0.2, 0) is 11.3 Å². The van der Waals surface area contributed by atoms with Crippen LogP contribution in [0.3, 0.4) is 0 Å².